The summed E-state index contributed by atoms with van der Waals surface area (Å²) < 4.78 is 53.2. The molecule has 0 atom stereocenters. The van der Waals surface area contributed by atoms with Gasteiger partial charge in [-0.15, -0.1) is 0 Å². The van der Waals surface area contributed by atoms with Crippen LogP contribution in [0, 0.1) is 18.7 Å². The quantitative estimate of drug-likeness (QED) is 0.744. The first-order valence-electron chi connectivity index (χ1n) is 8.19. The average molecular weight is 354 g/mol. The molecule has 25 heavy (non-hydrogen) atoms. The van der Waals surface area contributed by atoms with Gasteiger partial charge in [0, 0.05) is 17.7 Å². The molecule has 1 heterocycles. The first-order valence-corrected chi connectivity index (χ1v) is 8.19. The van der Waals surface area contributed by atoms with Crippen molar-refractivity contribution in [1.29, 1.82) is 0 Å². The number of halogens is 4. The minimum atomic E-state index is -4.18. The maximum atomic E-state index is 13.2. The molecule has 0 saturated heterocycles. The van der Waals surface area contributed by atoms with Gasteiger partial charge in [0.05, 0.1) is 11.6 Å². The van der Waals surface area contributed by atoms with Crippen LogP contribution in [0.15, 0.2) is 35.1 Å². The fourth-order valence-electron chi connectivity index (χ4n) is 3.42. The van der Waals surface area contributed by atoms with Gasteiger partial charge in [0.1, 0.15) is 11.6 Å². The van der Waals surface area contributed by atoms with Crippen LogP contribution in [0.4, 0.5) is 17.6 Å². The van der Waals surface area contributed by atoms with Crippen molar-refractivity contribution in [2.24, 2.45) is 5.92 Å². The Morgan fingerprint density at radius 2 is 1.68 bits per heavy atom. The van der Waals surface area contributed by atoms with E-state index in [0.29, 0.717) is 30.0 Å². The van der Waals surface area contributed by atoms with Crippen LogP contribution in [-0.2, 0) is 0 Å². The second kappa shape index (κ2) is 6.61. The Kier molecular flexibility index (Phi) is 4.67. The van der Waals surface area contributed by atoms with Crippen LogP contribution < -0.4 is 5.56 Å². The van der Waals surface area contributed by atoms with Crippen molar-refractivity contribution in [3.8, 4) is 5.69 Å². The molecule has 0 bridgehead atoms. The van der Waals surface area contributed by atoms with E-state index in [1.54, 1.807) is 6.92 Å². The minimum Gasteiger partial charge on any atom is -0.269 e. The van der Waals surface area contributed by atoms with Crippen molar-refractivity contribution < 1.29 is 17.6 Å². The van der Waals surface area contributed by atoms with Gasteiger partial charge in [-0.3, -0.25) is 9.36 Å². The number of rotatable bonds is 2. The van der Waals surface area contributed by atoms with Crippen LogP contribution in [0.5, 0.6) is 0 Å². The van der Waals surface area contributed by atoms with Crippen LogP contribution in [0.2, 0.25) is 0 Å². The molecule has 7 heteroatoms. The highest BCUT2D eigenvalue weighted by molar-refractivity contribution is 5.34. The summed E-state index contributed by atoms with van der Waals surface area (Å²) >= 11 is 0. The van der Waals surface area contributed by atoms with Gasteiger partial charge in [-0.25, -0.2) is 9.37 Å². The van der Waals surface area contributed by atoms with E-state index < -0.39 is 17.9 Å². The van der Waals surface area contributed by atoms with Crippen molar-refractivity contribution >= 4 is 0 Å². The van der Waals surface area contributed by atoms with Gasteiger partial charge in [-0.05, 0) is 56.9 Å². The summed E-state index contributed by atoms with van der Waals surface area (Å²) in [4.78, 5) is 16.9. The molecule has 0 unspecified atom stereocenters. The number of nitrogens with zero attached hydrogens (tertiary/aromatic N) is 2. The Labute approximate surface area is 142 Å². The Morgan fingerprint density at radius 1 is 1.08 bits per heavy atom. The largest absolute Gasteiger partial charge is 0.391 e. The summed E-state index contributed by atoms with van der Waals surface area (Å²) in [7, 11) is 0. The molecule has 1 aliphatic rings. The third-order valence-corrected chi connectivity index (χ3v) is 4.71. The molecule has 1 aromatic carbocycles. The van der Waals surface area contributed by atoms with Crippen LogP contribution in [0.25, 0.3) is 5.69 Å². The molecular formula is C18H18F4N2O. The highest BCUT2D eigenvalue weighted by Crippen LogP contribution is 2.42. The number of alkyl halides is 3. The molecular weight excluding hydrogens is 336 g/mol. The zero-order valence-corrected chi connectivity index (χ0v) is 13.7. The van der Waals surface area contributed by atoms with Gasteiger partial charge >= 0.3 is 6.18 Å². The van der Waals surface area contributed by atoms with Crippen molar-refractivity contribution in [1.82, 2.24) is 9.55 Å². The normalized spacial score (nSPS) is 21.3. The molecule has 1 aromatic heterocycles. The molecule has 0 radical (unpaired) electrons. The van der Waals surface area contributed by atoms with Crippen LogP contribution in [0.1, 0.15) is 43.1 Å². The fourth-order valence-corrected chi connectivity index (χ4v) is 3.42. The van der Waals surface area contributed by atoms with Crippen LogP contribution >= 0.6 is 0 Å². The van der Waals surface area contributed by atoms with Gasteiger partial charge in [0.15, 0.2) is 0 Å². The van der Waals surface area contributed by atoms with E-state index in [1.165, 1.54) is 34.9 Å². The summed E-state index contributed by atoms with van der Waals surface area (Å²) in [5.41, 5.74) is 0.676. The summed E-state index contributed by atoms with van der Waals surface area (Å²) in [6.07, 6.45) is -3.48. The number of hydrogen-bond acceptors (Lipinski definition) is 2. The lowest BCUT2D eigenvalue weighted by Crippen LogP contribution is -2.30. The Balaban J connectivity index is 1.97. The van der Waals surface area contributed by atoms with Crippen LogP contribution in [0.3, 0.4) is 0 Å². The van der Waals surface area contributed by atoms with Crippen molar-refractivity contribution in [3.63, 3.8) is 0 Å². The van der Waals surface area contributed by atoms with Gasteiger partial charge in [0.25, 0.3) is 5.56 Å². The first-order chi connectivity index (χ1) is 11.8. The Hall–Kier alpha value is -2.18. The van der Waals surface area contributed by atoms with E-state index in [1.807, 2.05) is 0 Å². The standard InChI is InChI=1S/C18H18F4N2O/c1-11-10-16(25)24(15-8-6-14(19)7-9-15)17(23-11)12-2-4-13(5-3-12)18(20,21)22/h6-10,12-13H,2-5H2,1H3. The first kappa shape index (κ1) is 17.6. The number of aryl methyl sites for hydroxylation is 1. The maximum Gasteiger partial charge on any atom is 0.391 e. The van der Waals surface area contributed by atoms with Gasteiger partial charge in [-0.2, -0.15) is 13.2 Å². The molecule has 0 amide bonds. The minimum absolute atomic E-state index is 0.0292. The van der Waals surface area contributed by atoms with Gasteiger partial charge < -0.3 is 0 Å². The molecule has 1 saturated carbocycles. The highest BCUT2D eigenvalue weighted by atomic mass is 19.4. The predicted molar refractivity (Wildman–Crippen MR) is 85.3 cm³/mol. The average Bonchev–Trinajstić information content (AvgIpc) is 2.55. The molecule has 1 fully saturated rings. The van der Waals surface area contributed by atoms with Gasteiger partial charge in [0.2, 0.25) is 0 Å². The summed E-state index contributed by atoms with van der Waals surface area (Å²) in [6.45, 7) is 1.68. The third kappa shape index (κ3) is 3.75. The fraction of sp³-hybridized carbons (Fsp3) is 0.444. The van der Waals surface area contributed by atoms with E-state index in [2.05, 4.69) is 4.98 Å². The zero-order valence-electron chi connectivity index (χ0n) is 13.7. The molecule has 3 rings (SSSR count). The highest BCUT2D eigenvalue weighted by Gasteiger charge is 2.42. The number of benzene rings is 1. The van der Waals surface area contributed by atoms with Crippen molar-refractivity contribution in [3.05, 3.63) is 58.0 Å². The monoisotopic (exact) mass is 354 g/mol. The number of aromatic nitrogens is 2. The molecule has 0 N–H and O–H groups in total. The van der Waals surface area contributed by atoms with Crippen LogP contribution in [-0.4, -0.2) is 15.7 Å². The lowest BCUT2D eigenvalue weighted by molar-refractivity contribution is -0.182. The molecule has 0 aliphatic heterocycles. The van der Waals surface area contributed by atoms with E-state index in [4.69, 9.17) is 0 Å². The van der Waals surface area contributed by atoms with Gasteiger partial charge in [-0.1, -0.05) is 0 Å². The summed E-state index contributed by atoms with van der Waals surface area (Å²) in [5.74, 6) is -1.49. The Morgan fingerprint density at radius 3 is 2.24 bits per heavy atom. The molecule has 0 spiro atoms. The van der Waals surface area contributed by atoms with E-state index in [9.17, 15) is 22.4 Å². The molecule has 3 nitrogen and oxygen atoms in total. The van der Waals surface area contributed by atoms with Crippen molar-refractivity contribution in [2.45, 2.75) is 44.7 Å². The summed E-state index contributed by atoms with van der Waals surface area (Å²) in [5, 5.41) is 0. The molecule has 1 aliphatic carbocycles. The third-order valence-electron chi connectivity index (χ3n) is 4.71. The lowest BCUT2D eigenvalue weighted by atomic mass is 9.81. The topological polar surface area (TPSA) is 34.9 Å². The van der Waals surface area contributed by atoms with E-state index in [-0.39, 0.29) is 24.3 Å². The summed E-state index contributed by atoms with van der Waals surface area (Å²) in [6, 6.07) is 6.79. The zero-order chi connectivity index (χ0) is 18.2. The second-order valence-electron chi connectivity index (χ2n) is 6.50. The Bertz CT molecular complexity index is 803. The smallest absolute Gasteiger partial charge is 0.269 e. The van der Waals surface area contributed by atoms with E-state index in [0.717, 1.165) is 0 Å². The number of hydrogen-bond donors (Lipinski definition) is 0. The second-order valence-corrected chi connectivity index (χ2v) is 6.50. The SMILES string of the molecule is Cc1cc(=O)n(-c2ccc(F)cc2)c(C2CCC(C(F)(F)F)CC2)n1. The lowest BCUT2D eigenvalue weighted by Gasteiger charge is -2.30. The van der Waals surface area contributed by atoms with E-state index >= 15 is 0 Å². The molecule has 2 aromatic rings. The molecule has 134 valence electrons. The predicted octanol–water partition coefficient (Wildman–Crippen LogP) is 4.52. The van der Waals surface area contributed by atoms with Crippen molar-refractivity contribution in [2.75, 3.05) is 0 Å². The maximum absolute atomic E-state index is 13.2.